The maximum absolute atomic E-state index is 12.9. The number of morpholine rings is 1. The molecule has 1 saturated heterocycles. The van der Waals surface area contributed by atoms with Crippen molar-refractivity contribution in [3.63, 3.8) is 0 Å². The summed E-state index contributed by atoms with van der Waals surface area (Å²) in [6.45, 7) is 8.75. The Morgan fingerprint density at radius 3 is 2.34 bits per heavy atom. The van der Waals surface area contributed by atoms with Crippen LogP contribution in [0.25, 0.3) is 0 Å². The molecule has 0 aromatic heterocycles. The topological polar surface area (TPSA) is 82.7 Å². The van der Waals surface area contributed by atoms with Crippen LogP contribution >= 0.6 is 0 Å². The number of carbonyl (C=O) groups excluding carboxylic acids is 2. The maximum Gasteiger partial charge on any atom is 0.319 e. The summed E-state index contributed by atoms with van der Waals surface area (Å²) in [6, 6.07) is 16.4. The molecule has 7 nitrogen and oxygen atoms in total. The van der Waals surface area contributed by atoms with Gasteiger partial charge < -0.3 is 20.7 Å². The molecule has 3 N–H and O–H groups in total. The number of urea groups is 1. The number of benzene rings is 2. The smallest absolute Gasteiger partial charge is 0.319 e. The van der Waals surface area contributed by atoms with E-state index >= 15 is 0 Å². The SMILES string of the molecule is CC(C)c1ccc(NC(=O)NC(Cc2ccccc2)C(=O)NCCN2CCOCC2)cc1. The normalized spacial score (nSPS) is 15.2. The average molecular weight is 439 g/mol. The third kappa shape index (κ3) is 7.66. The molecular weight excluding hydrogens is 404 g/mol. The maximum atomic E-state index is 12.9. The molecule has 1 unspecified atom stereocenters. The second kappa shape index (κ2) is 12.2. The van der Waals surface area contributed by atoms with Crippen molar-refractivity contribution in [2.24, 2.45) is 0 Å². The molecule has 2 aromatic rings. The third-order valence-electron chi connectivity index (χ3n) is 5.57. The molecule has 172 valence electrons. The highest BCUT2D eigenvalue weighted by atomic mass is 16.5. The van der Waals surface area contributed by atoms with Gasteiger partial charge in [-0.3, -0.25) is 9.69 Å². The first-order valence-corrected chi connectivity index (χ1v) is 11.3. The summed E-state index contributed by atoms with van der Waals surface area (Å²) >= 11 is 0. The standard InChI is InChI=1S/C25H34N4O3/c1-19(2)21-8-10-22(11-9-21)27-25(31)28-23(18-20-6-4-3-5-7-20)24(30)26-12-13-29-14-16-32-17-15-29/h3-11,19,23H,12-18H2,1-2H3,(H,26,30)(H2,27,28,31). The summed E-state index contributed by atoms with van der Waals surface area (Å²) in [4.78, 5) is 27.8. The highest BCUT2D eigenvalue weighted by molar-refractivity contribution is 5.93. The molecule has 1 fully saturated rings. The molecule has 2 aromatic carbocycles. The van der Waals surface area contributed by atoms with Gasteiger partial charge in [0.15, 0.2) is 0 Å². The van der Waals surface area contributed by atoms with Crippen molar-refractivity contribution in [2.75, 3.05) is 44.7 Å². The molecule has 0 bridgehead atoms. The van der Waals surface area contributed by atoms with E-state index in [1.165, 1.54) is 5.56 Å². The predicted octanol–water partition coefficient (Wildman–Crippen LogP) is 2.99. The molecule has 32 heavy (non-hydrogen) atoms. The van der Waals surface area contributed by atoms with Crippen LogP contribution in [0.3, 0.4) is 0 Å². The first-order chi connectivity index (χ1) is 15.5. The summed E-state index contributed by atoms with van der Waals surface area (Å²) in [5.41, 5.74) is 2.89. The average Bonchev–Trinajstić information content (AvgIpc) is 2.80. The zero-order valence-electron chi connectivity index (χ0n) is 19.0. The summed E-state index contributed by atoms with van der Waals surface area (Å²) in [7, 11) is 0. The minimum atomic E-state index is -0.669. The number of hydrogen-bond donors (Lipinski definition) is 3. The Morgan fingerprint density at radius 2 is 1.69 bits per heavy atom. The van der Waals surface area contributed by atoms with Crippen LogP contribution in [0.2, 0.25) is 0 Å². The fourth-order valence-electron chi connectivity index (χ4n) is 3.62. The van der Waals surface area contributed by atoms with E-state index in [1.807, 2.05) is 54.6 Å². The number of ether oxygens (including phenoxy) is 1. The van der Waals surface area contributed by atoms with E-state index in [9.17, 15) is 9.59 Å². The van der Waals surface area contributed by atoms with Crippen LogP contribution in [0.5, 0.6) is 0 Å². The van der Waals surface area contributed by atoms with E-state index in [4.69, 9.17) is 4.74 Å². The van der Waals surface area contributed by atoms with Crippen LogP contribution < -0.4 is 16.0 Å². The van der Waals surface area contributed by atoms with Gasteiger partial charge in [0.2, 0.25) is 5.91 Å². The van der Waals surface area contributed by atoms with Gasteiger partial charge in [0.05, 0.1) is 13.2 Å². The largest absolute Gasteiger partial charge is 0.379 e. The van der Waals surface area contributed by atoms with E-state index < -0.39 is 12.1 Å². The molecular formula is C25H34N4O3. The van der Waals surface area contributed by atoms with Crippen LogP contribution in [-0.2, 0) is 16.0 Å². The van der Waals surface area contributed by atoms with E-state index in [2.05, 4.69) is 34.7 Å². The first-order valence-electron chi connectivity index (χ1n) is 11.3. The van der Waals surface area contributed by atoms with Gasteiger partial charge in [0, 0.05) is 38.3 Å². The van der Waals surface area contributed by atoms with Crippen molar-refractivity contribution in [1.82, 2.24) is 15.5 Å². The number of nitrogens with one attached hydrogen (secondary N) is 3. The molecule has 1 heterocycles. The molecule has 7 heteroatoms. The lowest BCUT2D eigenvalue weighted by Crippen LogP contribution is -2.51. The third-order valence-corrected chi connectivity index (χ3v) is 5.57. The lowest BCUT2D eigenvalue weighted by atomic mass is 10.0. The lowest BCUT2D eigenvalue weighted by molar-refractivity contribution is -0.123. The Balaban J connectivity index is 1.57. The first kappa shape index (κ1) is 23.8. The molecule has 0 radical (unpaired) electrons. The molecule has 1 aliphatic rings. The zero-order chi connectivity index (χ0) is 22.8. The summed E-state index contributed by atoms with van der Waals surface area (Å²) in [5.74, 6) is 0.238. The predicted molar refractivity (Wildman–Crippen MR) is 127 cm³/mol. The van der Waals surface area contributed by atoms with Gasteiger partial charge >= 0.3 is 6.03 Å². The number of anilines is 1. The molecule has 0 spiro atoms. The molecule has 3 rings (SSSR count). The van der Waals surface area contributed by atoms with Crippen LogP contribution in [0.4, 0.5) is 10.5 Å². The zero-order valence-corrected chi connectivity index (χ0v) is 19.0. The van der Waals surface area contributed by atoms with Gasteiger partial charge in [-0.05, 0) is 29.2 Å². The summed E-state index contributed by atoms with van der Waals surface area (Å²) in [6.07, 6.45) is 0.421. The second-order valence-electron chi connectivity index (χ2n) is 8.36. The fourth-order valence-corrected chi connectivity index (χ4v) is 3.62. The van der Waals surface area contributed by atoms with Crippen LogP contribution in [-0.4, -0.2) is 62.3 Å². The highest BCUT2D eigenvalue weighted by Gasteiger charge is 2.21. The van der Waals surface area contributed by atoms with E-state index in [0.717, 1.165) is 38.4 Å². The lowest BCUT2D eigenvalue weighted by Gasteiger charge is -2.27. The van der Waals surface area contributed by atoms with Gasteiger partial charge in [-0.1, -0.05) is 56.3 Å². The second-order valence-corrected chi connectivity index (χ2v) is 8.36. The van der Waals surface area contributed by atoms with Crippen LogP contribution in [0.15, 0.2) is 54.6 Å². The van der Waals surface area contributed by atoms with E-state index in [1.54, 1.807) is 0 Å². The Morgan fingerprint density at radius 1 is 1.00 bits per heavy atom. The Labute approximate surface area is 190 Å². The van der Waals surface area contributed by atoms with Crippen molar-refractivity contribution >= 4 is 17.6 Å². The number of carbonyl (C=O) groups is 2. The Hall–Kier alpha value is -2.90. The fraction of sp³-hybridized carbons (Fsp3) is 0.440. The highest BCUT2D eigenvalue weighted by Crippen LogP contribution is 2.17. The number of amides is 3. The summed E-state index contributed by atoms with van der Waals surface area (Å²) < 4.78 is 5.36. The van der Waals surface area contributed by atoms with Crippen LogP contribution in [0, 0.1) is 0 Å². The molecule has 1 atom stereocenters. The molecule has 1 aliphatic heterocycles. The van der Waals surface area contributed by atoms with Gasteiger partial charge in [-0.2, -0.15) is 0 Å². The van der Waals surface area contributed by atoms with Gasteiger partial charge in [0.25, 0.3) is 0 Å². The van der Waals surface area contributed by atoms with E-state index in [0.29, 0.717) is 24.6 Å². The van der Waals surface area contributed by atoms with Crippen molar-refractivity contribution in [3.05, 3.63) is 65.7 Å². The number of nitrogens with zero attached hydrogens (tertiary/aromatic N) is 1. The minimum Gasteiger partial charge on any atom is -0.379 e. The number of hydrogen-bond acceptors (Lipinski definition) is 4. The van der Waals surface area contributed by atoms with Crippen molar-refractivity contribution in [1.29, 1.82) is 0 Å². The number of rotatable bonds is 9. The van der Waals surface area contributed by atoms with Gasteiger partial charge in [0.1, 0.15) is 6.04 Å². The van der Waals surface area contributed by atoms with E-state index in [-0.39, 0.29) is 5.91 Å². The molecule has 3 amide bonds. The Kier molecular flexibility index (Phi) is 9.07. The quantitative estimate of drug-likeness (QED) is 0.562. The molecule has 0 saturated carbocycles. The van der Waals surface area contributed by atoms with Crippen molar-refractivity contribution in [2.45, 2.75) is 32.2 Å². The summed E-state index contributed by atoms with van der Waals surface area (Å²) in [5, 5.41) is 8.65. The Bertz CT molecular complexity index is 849. The van der Waals surface area contributed by atoms with Crippen molar-refractivity contribution in [3.8, 4) is 0 Å². The van der Waals surface area contributed by atoms with Crippen LogP contribution in [0.1, 0.15) is 30.9 Å². The molecule has 0 aliphatic carbocycles. The minimum absolute atomic E-state index is 0.188. The van der Waals surface area contributed by atoms with Gasteiger partial charge in [-0.25, -0.2) is 4.79 Å². The van der Waals surface area contributed by atoms with Crippen molar-refractivity contribution < 1.29 is 14.3 Å². The monoisotopic (exact) mass is 438 g/mol. The van der Waals surface area contributed by atoms with Gasteiger partial charge in [-0.15, -0.1) is 0 Å².